The first-order chi connectivity index (χ1) is 9.58. The SMILES string of the molecule is COc1ccc(C(=O)c2cccc(N)c2C)cc1OC. The Hall–Kier alpha value is -2.49. The van der Waals surface area contributed by atoms with Crippen molar-refractivity contribution in [1.82, 2.24) is 0 Å². The molecule has 0 amide bonds. The molecule has 2 N–H and O–H groups in total. The summed E-state index contributed by atoms with van der Waals surface area (Å²) in [6, 6.07) is 10.4. The summed E-state index contributed by atoms with van der Waals surface area (Å²) in [6.45, 7) is 1.84. The van der Waals surface area contributed by atoms with Gasteiger partial charge < -0.3 is 15.2 Å². The highest BCUT2D eigenvalue weighted by atomic mass is 16.5. The van der Waals surface area contributed by atoms with E-state index >= 15 is 0 Å². The van der Waals surface area contributed by atoms with Crippen LogP contribution in [0, 0.1) is 6.92 Å². The lowest BCUT2D eigenvalue weighted by atomic mass is 9.98. The van der Waals surface area contributed by atoms with Gasteiger partial charge in [-0.15, -0.1) is 0 Å². The maximum Gasteiger partial charge on any atom is 0.193 e. The molecule has 2 aromatic rings. The number of carbonyl (C=O) groups is 1. The number of anilines is 1. The van der Waals surface area contributed by atoms with Crippen molar-refractivity contribution < 1.29 is 14.3 Å². The molecule has 0 aliphatic heterocycles. The summed E-state index contributed by atoms with van der Waals surface area (Å²) in [5, 5.41) is 0. The van der Waals surface area contributed by atoms with Gasteiger partial charge in [0, 0.05) is 16.8 Å². The Kier molecular flexibility index (Phi) is 3.94. The van der Waals surface area contributed by atoms with Gasteiger partial charge in [-0.3, -0.25) is 4.79 Å². The topological polar surface area (TPSA) is 61.5 Å². The van der Waals surface area contributed by atoms with Gasteiger partial charge in [0.25, 0.3) is 0 Å². The lowest BCUT2D eigenvalue weighted by molar-refractivity contribution is 0.103. The second kappa shape index (κ2) is 5.65. The molecule has 0 heterocycles. The highest BCUT2D eigenvalue weighted by Gasteiger charge is 2.15. The fraction of sp³-hybridized carbons (Fsp3) is 0.188. The number of carbonyl (C=O) groups excluding carboxylic acids is 1. The standard InChI is InChI=1S/C16H17NO3/c1-10-12(5-4-6-13(10)17)16(18)11-7-8-14(19-2)15(9-11)20-3/h4-9H,17H2,1-3H3. The van der Waals surface area contributed by atoms with Crippen LogP contribution < -0.4 is 15.2 Å². The lowest BCUT2D eigenvalue weighted by Gasteiger charge is -2.11. The smallest absolute Gasteiger partial charge is 0.193 e. The van der Waals surface area contributed by atoms with E-state index in [1.165, 1.54) is 7.11 Å². The number of benzene rings is 2. The summed E-state index contributed by atoms with van der Waals surface area (Å²) in [7, 11) is 3.10. The van der Waals surface area contributed by atoms with Crippen LogP contribution in [0.5, 0.6) is 11.5 Å². The molecule has 0 unspecified atom stereocenters. The molecule has 2 aromatic carbocycles. The van der Waals surface area contributed by atoms with Crippen molar-refractivity contribution in [1.29, 1.82) is 0 Å². The summed E-state index contributed by atoms with van der Waals surface area (Å²) in [6.07, 6.45) is 0. The number of methoxy groups -OCH3 is 2. The van der Waals surface area contributed by atoms with Gasteiger partial charge in [-0.2, -0.15) is 0 Å². The van der Waals surface area contributed by atoms with Gasteiger partial charge in [0.15, 0.2) is 17.3 Å². The monoisotopic (exact) mass is 271 g/mol. The van der Waals surface area contributed by atoms with E-state index in [-0.39, 0.29) is 5.78 Å². The van der Waals surface area contributed by atoms with E-state index < -0.39 is 0 Å². The largest absolute Gasteiger partial charge is 0.493 e. The minimum absolute atomic E-state index is 0.0873. The molecule has 0 spiro atoms. The van der Waals surface area contributed by atoms with E-state index in [0.717, 1.165) is 5.56 Å². The Labute approximate surface area is 118 Å². The molecule has 0 aromatic heterocycles. The highest BCUT2D eigenvalue weighted by Crippen LogP contribution is 2.29. The fourth-order valence-electron chi connectivity index (χ4n) is 2.03. The number of ketones is 1. The van der Waals surface area contributed by atoms with Crippen molar-refractivity contribution in [2.75, 3.05) is 20.0 Å². The predicted molar refractivity (Wildman–Crippen MR) is 78.6 cm³/mol. The van der Waals surface area contributed by atoms with Gasteiger partial charge in [0.05, 0.1) is 14.2 Å². The Morgan fingerprint density at radius 2 is 1.75 bits per heavy atom. The molecule has 0 aliphatic rings. The van der Waals surface area contributed by atoms with Gasteiger partial charge in [-0.1, -0.05) is 12.1 Å². The maximum atomic E-state index is 12.5. The minimum Gasteiger partial charge on any atom is -0.493 e. The number of rotatable bonds is 4. The molecular weight excluding hydrogens is 254 g/mol. The maximum absolute atomic E-state index is 12.5. The first-order valence-electron chi connectivity index (χ1n) is 6.20. The van der Waals surface area contributed by atoms with Crippen LogP contribution in [-0.4, -0.2) is 20.0 Å². The van der Waals surface area contributed by atoms with E-state index in [1.54, 1.807) is 43.5 Å². The zero-order valence-electron chi connectivity index (χ0n) is 11.8. The molecule has 104 valence electrons. The Balaban J connectivity index is 2.46. The summed E-state index contributed by atoms with van der Waals surface area (Å²) in [5.41, 5.74) is 8.37. The van der Waals surface area contributed by atoms with Crippen molar-refractivity contribution in [2.45, 2.75) is 6.92 Å². The Morgan fingerprint density at radius 1 is 1.05 bits per heavy atom. The van der Waals surface area contributed by atoms with E-state index in [1.807, 2.05) is 6.92 Å². The van der Waals surface area contributed by atoms with Crippen LogP contribution in [-0.2, 0) is 0 Å². The number of hydrogen-bond donors (Lipinski definition) is 1. The number of hydrogen-bond acceptors (Lipinski definition) is 4. The summed E-state index contributed by atoms with van der Waals surface area (Å²) in [5.74, 6) is 1.03. The molecule has 0 aliphatic carbocycles. The number of ether oxygens (including phenoxy) is 2. The quantitative estimate of drug-likeness (QED) is 0.686. The molecule has 0 bridgehead atoms. The first kappa shape index (κ1) is 13.9. The molecule has 0 saturated heterocycles. The summed E-state index contributed by atoms with van der Waals surface area (Å²) < 4.78 is 10.4. The minimum atomic E-state index is -0.0873. The van der Waals surface area contributed by atoms with E-state index in [0.29, 0.717) is 28.3 Å². The molecule has 4 nitrogen and oxygen atoms in total. The molecular formula is C16H17NO3. The third-order valence-corrected chi connectivity index (χ3v) is 3.27. The van der Waals surface area contributed by atoms with Crippen LogP contribution in [0.15, 0.2) is 36.4 Å². The first-order valence-corrected chi connectivity index (χ1v) is 6.20. The van der Waals surface area contributed by atoms with Gasteiger partial charge in [0.1, 0.15) is 0 Å². The Bertz CT molecular complexity index is 650. The van der Waals surface area contributed by atoms with Gasteiger partial charge in [-0.05, 0) is 36.8 Å². The van der Waals surface area contributed by atoms with E-state index in [9.17, 15) is 4.79 Å². The van der Waals surface area contributed by atoms with Gasteiger partial charge in [0.2, 0.25) is 0 Å². The second-order valence-corrected chi connectivity index (χ2v) is 4.42. The van der Waals surface area contributed by atoms with Crippen LogP contribution in [0.3, 0.4) is 0 Å². The van der Waals surface area contributed by atoms with Crippen molar-refractivity contribution in [3.8, 4) is 11.5 Å². The average Bonchev–Trinajstić information content (AvgIpc) is 2.48. The van der Waals surface area contributed by atoms with Crippen LogP contribution >= 0.6 is 0 Å². The summed E-state index contributed by atoms with van der Waals surface area (Å²) in [4.78, 5) is 12.5. The van der Waals surface area contributed by atoms with E-state index in [2.05, 4.69) is 0 Å². The zero-order chi connectivity index (χ0) is 14.7. The molecule has 2 rings (SSSR count). The predicted octanol–water partition coefficient (Wildman–Crippen LogP) is 2.83. The zero-order valence-corrected chi connectivity index (χ0v) is 11.8. The molecule has 4 heteroatoms. The lowest BCUT2D eigenvalue weighted by Crippen LogP contribution is -2.06. The van der Waals surface area contributed by atoms with Crippen molar-refractivity contribution in [3.05, 3.63) is 53.1 Å². The molecule has 0 atom stereocenters. The number of nitrogen functional groups attached to an aromatic ring is 1. The third kappa shape index (κ3) is 2.45. The van der Waals surface area contributed by atoms with Crippen LogP contribution in [0.2, 0.25) is 0 Å². The van der Waals surface area contributed by atoms with Gasteiger partial charge in [-0.25, -0.2) is 0 Å². The molecule has 0 saturated carbocycles. The molecule has 0 fully saturated rings. The molecule has 0 radical (unpaired) electrons. The fourth-order valence-corrected chi connectivity index (χ4v) is 2.03. The molecule has 20 heavy (non-hydrogen) atoms. The number of nitrogens with two attached hydrogens (primary N) is 1. The van der Waals surface area contributed by atoms with E-state index in [4.69, 9.17) is 15.2 Å². The highest BCUT2D eigenvalue weighted by molar-refractivity contribution is 6.10. The van der Waals surface area contributed by atoms with Crippen molar-refractivity contribution >= 4 is 11.5 Å². The van der Waals surface area contributed by atoms with Crippen LogP contribution in [0.1, 0.15) is 21.5 Å². The second-order valence-electron chi connectivity index (χ2n) is 4.42. The Morgan fingerprint density at radius 3 is 2.40 bits per heavy atom. The average molecular weight is 271 g/mol. The third-order valence-electron chi connectivity index (χ3n) is 3.27. The normalized spacial score (nSPS) is 10.2. The van der Waals surface area contributed by atoms with Crippen LogP contribution in [0.4, 0.5) is 5.69 Å². The van der Waals surface area contributed by atoms with Crippen LogP contribution in [0.25, 0.3) is 0 Å². The van der Waals surface area contributed by atoms with Crippen molar-refractivity contribution in [3.63, 3.8) is 0 Å². The van der Waals surface area contributed by atoms with Gasteiger partial charge >= 0.3 is 0 Å². The summed E-state index contributed by atoms with van der Waals surface area (Å²) >= 11 is 0. The van der Waals surface area contributed by atoms with Crippen molar-refractivity contribution in [2.24, 2.45) is 0 Å².